The summed E-state index contributed by atoms with van der Waals surface area (Å²) in [6.07, 6.45) is 2.45. The van der Waals surface area contributed by atoms with Crippen molar-refractivity contribution in [2.24, 2.45) is 5.92 Å². The zero-order valence-corrected chi connectivity index (χ0v) is 15.6. The van der Waals surface area contributed by atoms with Crippen molar-refractivity contribution in [1.82, 2.24) is 14.9 Å². The smallest absolute Gasteiger partial charge is 0.189 e. The Kier molecular flexibility index (Phi) is 6.52. The third-order valence-electron chi connectivity index (χ3n) is 4.39. The van der Waals surface area contributed by atoms with Gasteiger partial charge in [0.25, 0.3) is 0 Å². The maximum atomic E-state index is 9.18. The van der Waals surface area contributed by atoms with Crippen molar-refractivity contribution in [3.63, 3.8) is 0 Å². The van der Waals surface area contributed by atoms with Crippen molar-refractivity contribution in [2.75, 3.05) is 44.8 Å². The topological polar surface area (TPSA) is 94.3 Å². The van der Waals surface area contributed by atoms with E-state index in [0.29, 0.717) is 22.5 Å². The minimum absolute atomic E-state index is 0.179. The molecule has 0 aromatic carbocycles. The van der Waals surface area contributed by atoms with Gasteiger partial charge in [-0.1, -0.05) is 17.4 Å². The van der Waals surface area contributed by atoms with Crippen LogP contribution in [0.4, 0.5) is 10.9 Å². The lowest BCUT2D eigenvalue weighted by atomic mass is 9.98. The molecule has 0 spiro atoms. The summed E-state index contributed by atoms with van der Waals surface area (Å²) in [6.45, 7) is 6.13. The summed E-state index contributed by atoms with van der Waals surface area (Å²) in [6, 6.07) is 6.11. The van der Waals surface area contributed by atoms with Gasteiger partial charge in [0.2, 0.25) is 0 Å². The summed E-state index contributed by atoms with van der Waals surface area (Å²) in [7, 11) is 0. The molecule has 3 rings (SSSR count). The Morgan fingerprint density at radius 2 is 2.38 bits per heavy atom. The number of hydrogen-bond acceptors (Lipinski definition) is 8. The Labute approximate surface area is 157 Å². The highest BCUT2D eigenvalue weighted by Gasteiger charge is 2.19. The van der Waals surface area contributed by atoms with E-state index >= 15 is 0 Å². The quantitative estimate of drug-likeness (QED) is 0.799. The van der Waals surface area contributed by atoms with E-state index in [9.17, 15) is 5.11 Å². The van der Waals surface area contributed by atoms with Crippen molar-refractivity contribution in [1.29, 1.82) is 5.26 Å². The predicted molar refractivity (Wildman–Crippen MR) is 101 cm³/mol. The molecule has 1 fully saturated rings. The predicted octanol–water partition coefficient (Wildman–Crippen LogP) is 1.94. The summed E-state index contributed by atoms with van der Waals surface area (Å²) in [5.41, 5.74) is 2.18. The molecule has 0 saturated carbocycles. The van der Waals surface area contributed by atoms with Crippen LogP contribution in [0.15, 0.2) is 18.3 Å². The maximum Gasteiger partial charge on any atom is 0.189 e. The standard InChI is InChI=1S/C18H23N5O2S/c1-13-15(8-14-11-23(4-6-24)5-7-25-12-14)2-3-17(21-13)22-18-20-10-16(9-19)26-18/h2-3,10,14,24H,4-8,11-12H2,1H3,(H,20,21,22)/t14-/m1/s1. The van der Waals surface area contributed by atoms with Gasteiger partial charge >= 0.3 is 0 Å². The lowest BCUT2D eigenvalue weighted by Gasteiger charge is -2.22. The van der Waals surface area contributed by atoms with Gasteiger partial charge in [0.15, 0.2) is 5.13 Å². The number of pyridine rings is 1. The molecule has 26 heavy (non-hydrogen) atoms. The average Bonchev–Trinajstić information content (AvgIpc) is 2.96. The first kappa shape index (κ1) is 18.7. The molecule has 2 aromatic rings. The lowest BCUT2D eigenvalue weighted by molar-refractivity contribution is 0.121. The number of aliphatic hydroxyl groups is 1. The van der Waals surface area contributed by atoms with Crippen molar-refractivity contribution in [3.05, 3.63) is 34.5 Å². The molecule has 1 atom stereocenters. The number of β-amino-alcohol motifs (C(OH)–C–C–N with tert-alkyl or cyclic N) is 1. The Bertz CT molecular complexity index is 773. The van der Waals surface area contributed by atoms with E-state index in [1.54, 1.807) is 6.20 Å². The molecule has 1 aliphatic rings. The van der Waals surface area contributed by atoms with Crippen LogP contribution in [0.1, 0.15) is 16.1 Å². The van der Waals surface area contributed by atoms with Crippen LogP contribution in [-0.4, -0.2) is 59.4 Å². The third kappa shape index (κ3) is 4.99. The van der Waals surface area contributed by atoms with Crippen LogP contribution in [0.25, 0.3) is 0 Å². The molecule has 138 valence electrons. The van der Waals surface area contributed by atoms with Gasteiger partial charge in [-0.25, -0.2) is 9.97 Å². The van der Waals surface area contributed by atoms with Gasteiger partial charge in [0, 0.05) is 25.3 Å². The normalized spacial score (nSPS) is 18.3. The molecule has 0 radical (unpaired) electrons. The minimum Gasteiger partial charge on any atom is -0.395 e. The molecular formula is C18H23N5O2S. The van der Waals surface area contributed by atoms with Gasteiger partial charge in [0.05, 0.1) is 26.0 Å². The second-order valence-corrected chi connectivity index (χ2v) is 7.41. The fourth-order valence-electron chi connectivity index (χ4n) is 3.10. The Morgan fingerprint density at radius 1 is 1.50 bits per heavy atom. The van der Waals surface area contributed by atoms with Crippen molar-refractivity contribution in [2.45, 2.75) is 13.3 Å². The first-order chi connectivity index (χ1) is 12.7. The van der Waals surface area contributed by atoms with E-state index in [1.165, 1.54) is 16.9 Å². The molecule has 2 aromatic heterocycles. The number of ether oxygens (including phenoxy) is 1. The molecule has 8 heteroatoms. The van der Waals surface area contributed by atoms with Crippen molar-refractivity contribution >= 4 is 22.3 Å². The van der Waals surface area contributed by atoms with Crippen LogP contribution in [0, 0.1) is 24.2 Å². The molecule has 1 saturated heterocycles. The number of nitrogens with zero attached hydrogens (tertiary/aromatic N) is 4. The zero-order chi connectivity index (χ0) is 18.4. The molecule has 0 aliphatic carbocycles. The largest absolute Gasteiger partial charge is 0.395 e. The first-order valence-electron chi connectivity index (χ1n) is 8.68. The van der Waals surface area contributed by atoms with E-state index in [2.05, 4.69) is 32.3 Å². The number of nitriles is 1. The van der Waals surface area contributed by atoms with Gasteiger partial charge in [-0.3, -0.25) is 4.90 Å². The molecule has 0 unspecified atom stereocenters. The van der Waals surface area contributed by atoms with Gasteiger partial charge in [-0.15, -0.1) is 0 Å². The van der Waals surface area contributed by atoms with Crippen LogP contribution in [0.3, 0.4) is 0 Å². The summed E-state index contributed by atoms with van der Waals surface area (Å²) < 4.78 is 5.72. The minimum atomic E-state index is 0.179. The summed E-state index contributed by atoms with van der Waals surface area (Å²) in [5, 5.41) is 21.9. The van der Waals surface area contributed by atoms with E-state index in [4.69, 9.17) is 10.00 Å². The van der Waals surface area contributed by atoms with Gasteiger partial charge in [0.1, 0.15) is 16.8 Å². The van der Waals surface area contributed by atoms with E-state index < -0.39 is 0 Å². The molecular weight excluding hydrogens is 350 g/mol. The highest BCUT2D eigenvalue weighted by atomic mass is 32.1. The van der Waals surface area contributed by atoms with E-state index in [0.717, 1.165) is 44.2 Å². The van der Waals surface area contributed by atoms with Gasteiger partial charge < -0.3 is 15.2 Å². The van der Waals surface area contributed by atoms with Crippen LogP contribution in [0.2, 0.25) is 0 Å². The van der Waals surface area contributed by atoms with Gasteiger partial charge in [-0.05, 0) is 30.9 Å². The monoisotopic (exact) mass is 373 g/mol. The summed E-state index contributed by atoms with van der Waals surface area (Å²) in [5.74, 6) is 1.12. The van der Waals surface area contributed by atoms with Crippen LogP contribution in [0.5, 0.6) is 0 Å². The van der Waals surface area contributed by atoms with Crippen LogP contribution < -0.4 is 5.32 Å². The fourth-order valence-corrected chi connectivity index (χ4v) is 3.72. The number of aliphatic hydroxyl groups excluding tert-OH is 1. The number of aromatic nitrogens is 2. The van der Waals surface area contributed by atoms with Crippen molar-refractivity contribution < 1.29 is 9.84 Å². The highest BCUT2D eigenvalue weighted by Crippen LogP contribution is 2.23. The molecule has 0 bridgehead atoms. The number of aryl methyl sites for hydroxylation is 1. The van der Waals surface area contributed by atoms with Gasteiger partial charge in [-0.2, -0.15) is 5.26 Å². The molecule has 2 N–H and O–H groups in total. The number of nitrogens with one attached hydrogen (secondary N) is 1. The highest BCUT2D eigenvalue weighted by molar-refractivity contribution is 7.16. The average molecular weight is 373 g/mol. The van der Waals surface area contributed by atoms with Crippen LogP contribution >= 0.6 is 11.3 Å². The Morgan fingerprint density at radius 3 is 3.12 bits per heavy atom. The Hall–Kier alpha value is -2.05. The molecule has 7 nitrogen and oxygen atoms in total. The second kappa shape index (κ2) is 9.05. The molecule has 3 heterocycles. The fraction of sp³-hybridized carbons (Fsp3) is 0.500. The van der Waals surface area contributed by atoms with E-state index in [-0.39, 0.29) is 6.61 Å². The third-order valence-corrected chi connectivity index (χ3v) is 5.21. The maximum absolute atomic E-state index is 9.18. The number of anilines is 2. The number of hydrogen-bond donors (Lipinski definition) is 2. The summed E-state index contributed by atoms with van der Waals surface area (Å²) >= 11 is 1.31. The first-order valence-corrected chi connectivity index (χ1v) is 9.50. The zero-order valence-electron chi connectivity index (χ0n) is 14.8. The van der Waals surface area contributed by atoms with Crippen molar-refractivity contribution in [3.8, 4) is 6.07 Å². The number of rotatable bonds is 6. The summed E-state index contributed by atoms with van der Waals surface area (Å²) in [4.78, 5) is 11.6. The number of thiazole rings is 1. The SMILES string of the molecule is Cc1nc(Nc2ncc(C#N)s2)ccc1C[C@H]1COCCN(CCO)C1. The van der Waals surface area contributed by atoms with E-state index in [1.807, 2.05) is 13.0 Å². The lowest BCUT2D eigenvalue weighted by Crippen LogP contribution is -2.33. The second-order valence-electron chi connectivity index (χ2n) is 6.38. The van der Waals surface area contributed by atoms with Crippen LogP contribution in [-0.2, 0) is 11.2 Å². The molecule has 1 aliphatic heterocycles. The molecule has 0 amide bonds. The Balaban J connectivity index is 1.64.